The van der Waals surface area contributed by atoms with Gasteiger partial charge in [0, 0.05) is 18.1 Å². The van der Waals surface area contributed by atoms with Gasteiger partial charge in [0.15, 0.2) is 0 Å². The molecule has 0 heterocycles. The minimum absolute atomic E-state index is 0.0473. The molecule has 0 aliphatic heterocycles. The van der Waals surface area contributed by atoms with Gasteiger partial charge in [0.1, 0.15) is 0 Å². The molecule has 0 saturated heterocycles. The average Bonchev–Trinajstić information content (AvgIpc) is 2.32. The van der Waals surface area contributed by atoms with Crippen molar-refractivity contribution in [3.63, 3.8) is 0 Å². The normalized spacial score (nSPS) is 10.1. The lowest BCUT2D eigenvalue weighted by Crippen LogP contribution is -2.35. The van der Waals surface area contributed by atoms with E-state index in [0.717, 1.165) is 0 Å². The summed E-state index contributed by atoms with van der Waals surface area (Å²) >= 11 is 11.8. The molecule has 0 atom stereocenters. The zero-order valence-corrected chi connectivity index (χ0v) is 11.5. The lowest BCUT2D eigenvalue weighted by atomic mass is 10.3. The van der Waals surface area contributed by atoms with Crippen molar-refractivity contribution in [2.75, 3.05) is 25.0 Å². The highest BCUT2D eigenvalue weighted by atomic mass is 35.5. The molecule has 1 rings (SSSR count). The quantitative estimate of drug-likeness (QED) is 0.894. The number of benzene rings is 1. The molecular formula is C12H16Cl2N2O. The summed E-state index contributed by atoms with van der Waals surface area (Å²) in [6.07, 6.45) is 0. The van der Waals surface area contributed by atoms with Crippen LogP contribution in [0.5, 0.6) is 0 Å². The Hall–Kier alpha value is -0.930. The number of hydrogen-bond acceptors (Lipinski definition) is 2. The predicted molar refractivity (Wildman–Crippen MR) is 72.9 cm³/mol. The van der Waals surface area contributed by atoms with Crippen molar-refractivity contribution in [1.29, 1.82) is 0 Å². The minimum Gasteiger partial charge on any atom is -0.375 e. The second-order valence-corrected chi connectivity index (χ2v) is 4.39. The second-order valence-electron chi connectivity index (χ2n) is 3.54. The predicted octanol–water partition coefficient (Wildman–Crippen LogP) is 3.27. The third-order valence-corrected chi connectivity index (χ3v) is 3.04. The Balaban J connectivity index is 2.61. The Labute approximate surface area is 112 Å². The van der Waals surface area contributed by atoms with Crippen molar-refractivity contribution >= 4 is 34.8 Å². The summed E-state index contributed by atoms with van der Waals surface area (Å²) in [6, 6.07) is 5.12. The van der Waals surface area contributed by atoms with Crippen molar-refractivity contribution in [3.8, 4) is 0 Å². The van der Waals surface area contributed by atoms with Crippen molar-refractivity contribution in [3.05, 3.63) is 28.2 Å². The van der Waals surface area contributed by atoms with Gasteiger partial charge in [0.25, 0.3) is 0 Å². The number of halogens is 2. The smallest absolute Gasteiger partial charge is 0.241 e. The highest BCUT2D eigenvalue weighted by molar-refractivity contribution is 6.35. The van der Waals surface area contributed by atoms with E-state index in [9.17, 15) is 4.79 Å². The standard InChI is InChI=1S/C12H16Cl2N2O/c1-3-16(4-2)12(17)8-15-11-7-9(13)5-6-10(11)14/h5-7,15H,3-4,8H2,1-2H3. The fourth-order valence-electron chi connectivity index (χ4n) is 1.49. The van der Waals surface area contributed by atoms with E-state index >= 15 is 0 Å². The van der Waals surface area contributed by atoms with Gasteiger partial charge in [-0.2, -0.15) is 0 Å². The molecule has 94 valence electrons. The number of nitrogens with one attached hydrogen (secondary N) is 1. The molecule has 5 heteroatoms. The molecular weight excluding hydrogens is 259 g/mol. The lowest BCUT2D eigenvalue weighted by Gasteiger charge is -2.19. The summed E-state index contributed by atoms with van der Waals surface area (Å²) in [6.45, 7) is 5.55. The topological polar surface area (TPSA) is 32.3 Å². The molecule has 0 bridgehead atoms. The Morgan fingerprint density at radius 3 is 2.53 bits per heavy atom. The van der Waals surface area contributed by atoms with E-state index < -0.39 is 0 Å². The van der Waals surface area contributed by atoms with Crippen LogP contribution in [0.3, 0.4) is 0 Å². The molecule has 0 radical (unpaired) electrons. The van der Waals surface area contributed by atoms with Crippen LogP contribution in [-0.4, -0.2) is 30.4 Å². The minimum atomic E-state index is 0.0473. The first-order valence-electron chi connectivity index (χ1n) is 5.55. The third kappa shape index (κ3) is 4.10. The maximum absolute atomic E-state index is 11.8. The van der Waals surface area contributed by atoms with Gasteiger partial charge in [-0.15, -0.1) is 0 Å². The van der Waals surface area contributed by atoms with Crippen LogP contribution in [0.15, 0.2) is 18.2 Å². The van der Waals surface area contributed by atoms with Crippen LogP contribution < -0.4 is 5.32 Å². The van der Waals surface area contributed by atoms with E-state index in [2.05, 4.69) is 5.32 Å². The Morgan fingerprint density at radius 1 is 1.29 bits per heavy atom. The van der Waals surface area contributed by atoms with Crippen molar-refractivity contribution in [1.82, 2.24) is 4.90 Å². The lowest BCUT2D eigenvalue weighted by molar-refractivity contribution is -0.128. The number of hydrogen-bond donors (Lipinski definition) is 1. The first-order chi connectivity index (χ1) is 8.08. The summed E-state index contributed by atoms with van der Waals surface area (Å²) in [5.41, 5.74) is 0.680. The molecule has 17 heavy (non-hydrogen) atoms. The summed E-state index contributed by atoms with van der Waals surface area (Å²) in [5, 5.41) is 4.14. The first kappa shape index (κ1) is 14.1. The summed E-state index contributed by atoms with van der Waals surface area (Å²) in [4.78, 5) is 13.5. The average molecular weight is 275 g/mol. The number of carbonyl (C=O) groups excluding carboxylic acids is 1. The fourth-order valence-corrected chi connectivity index (χ4v) is 1.85. The van der Waals surface area contributed by atoms with Gasteiger partial charge in [0.05, 0.1) is 17.3 Å². The van der Waals surface area contributed by atoms with Crippen LogP contribution in [0.1, 0.15) is 13.8 Å². The molecule has 0 aliphatic carbocycles. The van der Waals surface area contributed by atoms with Crippen LogP contribution in [0.2, 0.25) is 10.0 Å². The van der Waals surface area contributed by atoms with Gasteiger partial charge in [-0.1, -0.05) is 23.2 Å². The summed E-state index contributed by atoms with van der Waals surface area (Å²) in [5.74, 6) is 0.0473. The maximum atomic E-state index is 11.8. The molecule has 1 amide bonds. The van der Waals surface area contributed by atoms with E-state index in [0.29, 0.717) is 28.8 Å². The van der Waals surface area contributed by atoms with Crippen LogP contribution in [0, 0.1) is 0 Å². The van der Waals surface area contributed by atoms with E-state index in [1.54, 1.807) is 23.1 Å². The highest BCUT2D eigenvalue weighted by Gasteiger charge is 2.09. The van der Waals surface area contributed by atoms with Crippen LogP contribution in [-0.2, 0) is 4.79 Å². The number of amides is 1. The Bertz CT molecular complexity index is 392. The molecule has 1 aromatic rings. The van der Waals surface area contributed by atoms with E-state index in [4.69, 9.17) is 23.2 Å². The SMILES string of the molecule is CCN(CC)C(=O)CNc1cc(Cl)ccc1Cl. The zero-order valence-electron chi connectivity index (χ0n) is 9.96. The number of nitrogens with zero attached hydrogens (tertiary/aromatic N) is 1. The third-order valence-electron chi connectivity index (χ3n) is 2.47. The Kier molecular flexibility index (Phi) is 5.59. The Morgan fingerprint density at radius 2 is 1.94 bits per heavy atom. The molecule has 0 aromatic heterocycles. The molecule has 0 saturated carbocycles. The van der Waals surface area contributed by atoms with E-state index in [1.807, 2.05) is 13.8 Å². The molecule has 0 spiro atoms. The van der Waals surface area contributed by atoms with Crippen molar-refractivity contribution < 1.29 is 4.79 Å². The highest BCUT2D eigenvalue weighted by Crippen LogP contribution is 2.25. The number of rotatable bonds is 5. The van der Waals surface area contributed by atoms with E-state index in [1.165, 1.54) is 0 Å². The maximum Gasteiger partial charge on any atom is 0.241 e. The molecule has 3 nitrogen and oxygen atoms in total. The van der Waals surface area contributed by atoms with Crippen molar-refractivity contribution in [2.45, 2.75) is 13.8 Å². The number of carbonyl (C=O) groups is 1. The molecule has 0 aliphatic rings. The van der Waals surface area contributed by atoms with Gasteiger partial charge >= 0.3 is 0 Å². The largest absolute Gasteiger partial charge is 0.375 e. The monoisotopic (exact) mass is 274 g/mol. The molecule has 0 fully saturated rings. The second kappa shape index (κ2) is 6.72. The summed E-state index contributed by atoms with van der Waals surface area (Å²) < 4.78 is 0. The zero-order chi connectivity index (χ0) is 12.8. The van der Waals surface area contributed by atoms with Crippen LogP contribution in [0.25, 0.3) is 0 Å². The summed E-state index contributed by atoms with van der Waals surface area (Å²) in [7, 11) is 0. The van der Waals surface area contributed by atoms with Gasteiger partial charge < -0.3 is 10.2 Å². The van der Waals surface area contributed by atoms with Gasteiger partial charge in [-0.05, 0) is 32.0 Å². The molecule has 1 N–H and O–H groups in total. The van der Waals surface area contributed by atoms with E-state index in [-0.39, 0.29) is 12.5 Å². The number of likely N-dealkylation sites (N-methyl/N-ethyl adjacent to an activating group) is 1. The fraction of sp³-hybridized carbons (Fsp3) is 0.417. The van der Waals surface area contributed by atoms with Crippen LogP contribution >= 0.6 is 23.2 Å². The molecule has 1 aromatic carbocycles. The van der Waals surface area contributed by atoms with Crippen LogP contribution in [0.4, 0.5) is 5.69 Å². The van der Waals surface area contributed by atoms with Crippen molar-refractivity contribution in [2.24, 2.45) is 0 Å². The first-order valence-corrected chi connectivity index (χ1v) is 6.30. The van der Waals surface area contributed by atoms with Gasteiger partial charge in [-0.3, -0.25) is 4.79 Å². The van der Waals surface area contributed by atoms with Gasteiger partial charge in [-0.25, -0.2) is 0 Å². The molecule has 0 unspecified atom stereocenters. The van der Waals surface area contributed by atoms with Gasteiger partial charge in [0.2, 0.25) is 5.91 Å². The number of anilines is 1.